The molecule has 1 aromatic heterocycles. The summed E-state index contributed by atoms with van der Waals surface area (Å²) in [6, 6.07) is 7.80. The molecule has 0 spiro atoms. The van der Waals surface area contributed by atoms with Gasteiger partial charge in [-0.1, -0.05) is 30.3 Å². The number of amides is 2. The van der Waals surface area contributed by atoms with Gasteiger partial charge in [0.25, 0.3) is 0 Å². The molecule has 2 saturated heterocycles. The molecule has 0 saturated carbocycles. The minimum absolute atomic E-state index is 0.0578. The van der Waals surface area contributed by atoms with Gasteiger partial charge in [0.05, 0.1) is 0 Å². The number of benzene rings is 1. The van der Waals surface area contributed by atoms with Gasteiger partial charge >= 0.3 is 5.97 Å². The predicted octanol–water partition coefficient (Wildman–Crippen LogP) is 0.363. The lowest BCUT2D eigenvalue weighted by Crippen LogP contribution is -2.68. The van der Waals surface area contributed by atoms with Crippen molar-refractivity contribution in [3.63, 3.8) is 0 Å². The van der Waals surface area contributed by atoms with E-state index in [9.17, 15) is 19.5 Å². The van der Waals surface area contributed by atoms with Gasteiger partial charge in [0.2, 0.25) is 11.8 Å². The molecule has 1 aromatic carbocycles. The van der Waals surface area contributed by atoms with Crippen molar-refractivity contribution < 1.29 is 19.5 Å². The summed E-state index contributed by atoms with van der Waals surface area (Å²) in [5.41, 5.74) is 0.742. The Balaban J connectivity index is 1.48. The Morgan fingerprint density at radius 1 is 1.34 bits per heavy atom. The van der Waals surface area contributed by atoms with E-state index < -0.39 is 23.8 Å². The van der Waals surface area contributed by atoms with E-state index in [1.807, 2.05) is 19.9 Å². The van der Waals surface area contributed by atoms with Gasteiger partial charge in [0, 0.05) is 4.75 Å². The van der Waals surface area contributed by atoms with Crippen LogP contribution in [0.5, 0.6) is 0 Å². The zero-order valence-corrected chi connectivity index (χ0v) is 16.6. The molecule has 152 valence electrons. The minimum Gasteiger partial charge on any atom is -0.481 e. The molecule has 29 heavy (non-hydrogen) atoms. The number of rotatable bonds is 6. The molecule has 4 rings (SSSR count). The number of carbonyl (C=O) groups excluding carboxylic acids is 2. The van der Waals surface area contributed by atoms with Crippen molar-refractivity contribution >= 4 is 29.5 Å². The lowest BCUT2D eigenvalue weighted by molar-refractivity contribution is -0.155. The third kappa shape index (κ3) is 3.35. The number of nitrogens with one attached hydrogen (secondary N) is 2. The molecule has 2 amide bonds. The zero-order chi connectivity index (χ0) is 20.8. The average Bonchev–Trinajstić information content (AvgIpc) is 3.28. The van der Waals surface area contributed by atoms with Gasteiger partial charge in [0.15, 0.2) is 5.82 Å². The zero-order valence-electron chi connectivity index (χ0n) is 15.8. The first-order chi connectivity index (χ1) is 13.8. The van der Waals surface area contributed by atoms with E-state index in [0.29, 0.717) is 5.82 Å². The Labute approximate surface area is 170 Å². The minimum atomic E-state index is -1.27. The van der Waals surface area contributed by atoms with E-state index in [1.165, 1.54) is 11.8 Å². The van der Waals surface area contributed by atoms with Gasteiger partial charge < -0.3 is 15.3 Å². The molecule has 4 atom stereocenters. The van der Waals surface area contributed by atoms with E-state index >= 15 is 0 Å². The fraction of sp³-hybridized carbons (Fsp3) is 0.444. The van der Waals surface area contributed by atoms with Crippen LogP contribution in [0.1, 0.15) is 31.3 Å². The number of thioether (sulfide) groups is 1. The maximum Gasteiger partial charge on any atom is 0.316 e. The summed E-state index contributed by atoms with van der Waals surface area (Å²) >= 11 is 1.53. The molecule has 2 aliphatic rings. The highest BCUT2D eigenvalue weighted by atomic mass is 32.2. The van der Waals surface area contributed by atoms with Crippen LogP contribution in [0.2, 0.25) is 0 Å². The number of H-pyrrole nitrogens is 1. The maximum atomic E-state index is 12.8. The van der Waals surface area contributed by atoms with Crippen molar-refractivity contribution in [2.24, 2.45) is 5.92 Å². The van der Waals surface area contributed by atoms with Gasteiger partial charge in [-0.3, -0.25) is 14.4 Å². The van der Waals surface area contributed by atoms with Crippen LogP contribution in [-0.2, 0) is 20.8 Å². The van der Waals surface area contributed by atoms with Crippen LogP contribution in [0.15, 0.2) is 30.3 Å². The summed E-state index contributed by atoms with van der Waals surface area (Å²) in [7, 11) is 0. The Morgan fingerprint density at radius 2 is 2.07 bits per heavy atom. The van der Waals surface area contributed by atoms with E-state index in [-0.39, 0.29) is 28.5 Å². The summed E-state index contributed by atoms with van der Waals surface area (Å²) in [5, 5.41) is 25.7. The summed E-state index contributed by atoms with van der Waals surface area (Å²) in [4.78, 5) is 38.8. The lowest BCUT2D eigenvalue weighted by atomic mass is 9.94. The van der Waals surface area contributed by atoms with Crippen LogP contribution < -0.4 is 5.32 Å². The standard InChI is InChI=1S/C18H20N6O4S/c1-18(2)12(13-20-22-23-21-13)24-15(26)11(16(24)29-18)19-14(25)10(17(27)28)8-9-6-4-3-5-7-9/h3-7,10-12,16H,8H2,1-2H3,(H,19,25)(H,27,28)(H,20,21,22,23)/t10?,11?,12?,16-/m1/s1. The highest BCUT2D eigenvalue weighted by Gasteiger charge is 2.63. The van der Waals surface area contributed by atoms with Gasteiger partial charge in [-0.05, 0) is 36.3 Å². The Bertz CT molecular complexity index is 935. The number of tetrazole rings is 1. The fourth-order valence-corrected chi connectivity index (χ4v) is 5.50. The summed E-state index contributed by atoms with van der Waals surface area (Å²) in [6.07, 6.45) is 0.0578. The first kappa shape index (κ1) is 19.4. The molecule has 3 heterocycles. The number of nitrogens with zero attached hydrogens (tertiary/aromatic N) is 4. The Morgan fingerprint density at radius 3 is 2.69 bits per heavy atom. The van der Waals surface area contributed by atoms with Crippen LogP contribution >= 0.6 is 11.8 Å². The van der Waals surface area contributed by atoms with Crippen molar-refractivity contribution in [3.05, 3.63) is 41.7 Å². The molecule has 3 unspecified atom stereocenters. The first-order valence-corrected chi connectivity index (χ1v) is 9.98. The highest BCUT2D eigenvalue weighted by molar-refractivity contribution is 8.01. The molecule has 3 N–H and O–H groups in total. The van der Waals surface area contributed by atoms with Crippen LogP contribution in [-0.4, -0.2) is 64.6 Å². The van der Waals surface area contributed by atoms with Crippen molar-refractivity contribution in [2.45, 2.75) is 42.5 Å². The second-order valence-electron chi connectivity index (χ2n) is 7.61. The number of aliphatic carboxylic acids is 1. The summed E-state index contributed by atoms with van der Waals surface area (Å²) < 4.78 is -0.378. The second kappa shape index (κ2) is 7.14. The Hall–Kier alpha value is -2.95. The largest absolute Gasteiger partial charge is 0.481 e. The number of carboxylic acid groups (broad SMARTS) is 1. The average molecular weight is 416 g/mol. The van der Waals surface area contributed by atoms with E-state index in [2.05, 4.69) is 25.9 Å². The van der Waals surface area contributed by atoms with E-state index in [4.69, 9.17) is 0 Å². The maximum absolute atomic E-state index is 12.8. The normalized spacial score (nSPS) is 25.8. The highest BCUT2D eigenvalue weighted by Crippen LogP contribution is 2.56. The van der Waals surface area contributed by atoms with Crippen molar-refractivity contribution in [2.75, 3.05) is 0 Å². The SMILES string of the molecule is CC1(C)S[C@@H]2C(NC(=O)C(Cc3ccccc3)C(=O)O)C(=O)N2C1c1nnn[nH]1. The molecular weight excluding hydrogens is 396 g/mol. The number of carbonyl (C=O) groups is 3. The molecule has 2 aliphatic heterocycles. The van der Waals surface area contributed by atoms with Crippen LogP contribution in [0.3, 0.4) is 0 Å². The van der Waals surface area contributed by atoms with Gasteiger partial charge in [-0.15, -0.1) is 16.9 Å². The first-order valence-electron chi connectivity index (χ1n) is 9.10. The van der Waals surface area contributed by atoms with E-state index in [0.717, 1.165) is 5.56 Å². The third-order valence-corrected chi connectivity index (χ3v) is 6.83. The van der Waals surface area contributed by atoms with Crippen LogP contribution in [0, 0.1) is 5.92 Å². The molecule has 0 radical (unpaired) electrons. The van der Waals surface area contributed by atoms with Gasteiger partial charge in [0.1, 0.15) is 23.4 Å². The molecular formula is C18H20N6O4S. The number of β-lactam (4-membered cyclic amide) rings is 1. The molecule has 0 bridgehead atoms. The van der Waals surface area contributed by atoms with Crippen molar-refractivity contribution in [1.82, 2.24) is 30.8 Å². The third-order valence-electron chi connectivity index (χ3n) is 5.26. The van der Waals surface area contributed by atoms with Crippen molar-refractivity contribution in [1.29, 1.82) is 0 Å². The fourth-order valence-electron chi connectivity index (χ4n) is 3.87. The van der Waals surface area contributed by atoms with Crippen molar-refractivity contribution in [3.8, 4) is 0 Å². The van der Waals surface area contributed by atoms with Gasteiger partial charge in [-0.2, -0.15) is 0 Å². The summed E-state index contributed by atoms with van der Waals surface area (Å²) in [6.45, 7) is 3.95. The monoisotopic (exact) mass is 416 g/mol. The molecule has 2 fully saturated rings. The second-order valence-corrected chi connectivity index (χ2v) is 9.38. The number of hydrogen-bond acceptors (Lipinski definition) is 7. The number of fused-ring (bicyclic) bond motifs is 1. The van der Waals surface area contributed by atoms with Gasteiger partial charge in [-0.25, -0.2) is 5.10 Å². The number of aromatic nitrogens is 4. The molecule has 11 heteroatoms. The Kier molecular flexibility index (Phi) is 4.77. The number of hydrogen-bond donors (Lipinski definition) is 3. The molecule has 10 nitrogen and oxygen atoms in total. The van der Waals surface area contributed by atoms with Crippen LogP contribution in [0.25, 0.3) is 0 Å². The number of carboxylic acids is 1. The quantitative estimate of drug-likeness (QED) is 0.453. The van der Waals surface area contributed by atoms with E-state index in [1.54, 1.807) is 29.2 Å². The number of aromatic amines is 1. The smallest absolute Gasteiger partial charge is 0.316 e. The lowest BCUT2D eigenvalue weighted by Gasteiger charge is -2.44. The van der Waals surface area contributed by atoms with Crippen LogP contribution in [0.4, 0.5) is 0 Å². The topological polar surface area (TPSA) is 141 Å². The molecule has 0 aliphatic carbocycles. The predicted molar refractivity (Wildman–Crippen MR) is 102 cm³/mol. The summed E-state index contributed by atoms with van der Waals surface area (Å²) in [5.74, 6) is -2.95. The molecule has 2 aromatic rings.